The molecule has 1 aromatic rings. The van der Waals surface area contributed by atoms with Crippen molar-refractivity contribution in [2.75, 3.05) is 13.7 Å². The highest BCUT2D eigenvalue weighted by atomic mass is 16.5. The summed E-state index contributed by atoms with van der Waals surface area (Å²) in [4.78, 5) is 0. The van der Waals surface area contributed by atoms with E-state index in [1.165, 1.54) is 51.4 Å². The first-order valence-electron chi connectivity index (χ1n) is 8.58. The molecular formula is C19H26O2. The lowest BCUT2D eigenvalue weighted by Crippen LogP contribution is -2.43. The van der Waals surface area contributed by atoms with Gasteiger partial charge in [0.1, 0.15) is 5.75 Å². The second-order valence-electron chi connectivity index (χ2n) is 7.32. The Hall–Kier alpha value is -1.02. The van der Waals surface area contributed by atoms with E-state index in [9.17, 15) is 0 Å². The van der Waals surface area contributed by atoms with Gasteiger partial charge in [-0.05, 0) is 79.5 Å². The van der Waals surface area contributed by atoms with Crippen LogP contribution in [0.15, 0.2) is 18.2 Å². The molecule has 21 heavy (non-hydrogen) atoms. The fraction of sp³-hybridized carbons (Fsp3) is 0.684. The maximum atomic E-state index is 6.03. The van der Waals surface area contributed by atoms with Crippen LogP contribution in [0.4, 0.5) is 0 Å². The summed E-state index contributed by atoms with van der Waals surface area (Å²) in [5.74, 6) is 1.90. The Labute approximate surface area is 127 Å². The third-order valence-corrected chi connectivity index (χ3v) is 6.12. The van der Waals surface area contributed by atoms with Crippen molar-refractivity contribution in [3.05, 3.63) is 29.3 Å². The molecule has 0 bridgehead atoms. The van der Waals surface area contributed by atoms with Gasteiger partial charge in [-0.1, -0.05) is 12.5 Å². The Morgan fingerprint density at radius 1 is 1.14 bits per heavy atom. The van der Waals surface area contributed by atoms with E-state index in [1.54, 1.807) is 11.1 Å². The molecule has 2 heteroatoms. The number of hydrogen-bond acceptors (Lipinski definition) is 2. The molecule has 0 aromatic heterocycles. The summed E-state index contributed by atoms with van der Waals surface area (Å²) in [5, 5.41) is 0. The minimum atomic E-state index is 0.445. The molecule has 0 amide bonds. The lowest BCUT2D eigenvalue weighted by molar-refractivity contribution is 0.0432. The zero-order valence-corrected chi connectivity index (χ0v) is 13.1. The van der Waals surface area contributed by atoms with Crippen molar-refractivity contribution in [2.45, 2.75) is 62.9 Å². The molecule has 2 fully saturated rings. The van der Waals surface area contributed by atoms with E-state index in [4.69, 9.17) is 9.47 Å². The number of hydrogen-bond donors (Lipinski definition) is 0. The maximum Gasteiger partial charge on any atom is 0.119 e. The van der Waals surface area contributed by atoms with Gasteiger partial charge in [-0.3, -0.25) is 0 Å². The standard InChI is InChI=1S/C19H26O2/c1-20-16-7-9-19(10-8-16)12-15-5-6-17(11-18(15)19)21-13-14-3-2-4-14/h5-6,11,14,16H,2-4,7-10,12-13H2,1H3. The second-order valence-corrected chi connectivity index (χ2v) is 7.32. The Morgan fingerprint density at radius 2 is 1.95 bits per heavy atom. The molecule has 2 saturated carbocycles. The number of fused-ring (bicyclic) bond motifs is 2. The van der Waals surface area contributed by atoms with E-state index in [0.717, 1.165) is 18.3 Å². The third kappa shape index (κ3) is 2.38. The molecule has 0 saturated heterocycles. The minimum Gasteiger partial charge on any atom is -0.493 e. The van der Waals surface area contributed by atoms with Crippen LogP contribution < -0.4 is 4.74 Å². The monoisotopic (exact) mass is 286 g/mol. The molecule has 0 heterocycles. The molecular weight excluding hydrogens is 260 g/mol. The third-order valence-electron chi connectivity index (χ3n) is 6.12. The van der Waals surface area contributed by atoms with Gasteiger partial charge in [0.05, 0.1) is 12.7 Å². The van der Waals surface area contributed by atoms with E-state index in [0.29, 0.717) is 11.5 Å². The van der Waals surface area contributed by atoms with E-state index in [2.05, 4.69) is 18.2 Å². The molecule has 4 rings (SSSR count). The molecule has 0 radical (unpaired) electrons. The smallest absolute Gasteiger partial charge is 0.119 e. The van der Waals surface area contributed by atoms with Crippen molar-refractivity contribution < 1.29 is 9.47 Å². The zero-order chi connectivity index (χ0) is 14.3. The lowest BCUT2D eigenvalue weighted by atomic mass is 9.57. The summed E-state index contributed by atoms with van der Waals surface area (Å²) in [6.07, 6.45) is 10.8. The quantitative estimate of drug-likeness (QED) is 0.824. The predicted octanol–water partition coefficient (Wildman–Crippen LogP) is 4.25. The van der Waals surface area contributed by atoms with E-state index in [1.807, 2.05) is 7.11 Å². The summed E-state index contributed by atoms with van der Waals surface area (Å²) in [5.41, 5.74) is 3.56. The van der Waals surface area contributed by atoms with Crippen LogP contribution in [0.1, 0.15) is 56.1 Å². The zero-order valence-electron chi connectivity index (χ0n) is 13.1. The van der Waals surface area contributed by atoms with Gasteiger partial charge >= 0.3 is 0 Å². The van der Waals surface area contributed by atoms with Crippen LogP contribution in [-0.2, 0) is 16.6 Å². The minimum absolute atomic E-state index is 0.445. The van der Waals surface area contributed by atoms with Crippen LogP contribution in [0.3, 0.4) is 0 Å². The van der Waals surface area contributed by atoms with E-state index in [-0.39, 0.29) is 0 Å². The van der Waals surface area contributed by atoms with Crippen LogP contribution in [0.5, 0.6) is 5.75 Å². The Bertz CT molecular complexity index is 510. The number of ether oxygens (including phenoxy) is 2. The molecule has 3 aliphatic carbocycles. The topological polar surface area (TPSA) is 18.5 Å². The second kappa shape index (κ2) is 5.31. The molecule has 1 aromatic carbocycles. The molecule has 114 valence electrons. The fourth-order valence-corrected chi connectivity index (χ4v) is 4.35. The predicted molar refractivity (Wildman–Crippen MR) is 83.9 cm³/mol. The van der Waals surface area contributed by atoms with Gasteiger partial charge in [0.25, 0.3) is 0 Å². The van der Waals surface area contributed by atoms with Crippen molar-refractivity contribution >= 4 is 0 Å². The molecule has 0 N–H and O–H groups in total. The Kier molecular flexibility index (Phi) is 3.45. The van der Waals surface area contributed by atoms with Crippen molar-refractivity contribution in [3.63, 3.8) is 0 Å². The van der Waals surface area contributed by atoms with Gasteiger partial charge in [-0.25, -0.2) is 0 Å². The average Bonchev–Trinajstić information content (AvgIpc) is 2.46. The van der Waals surface area contributed by atoms with Crippen LogP contribution in [-0.4, -0.2) is 19.8 Å². The number of methoxy groups -OCH3 is 1. The summed E-state index contributed by atoms with van der Waals surface area (Å²) in [6.45, 7) is 0.914. The highest BCUT2D eigenvalue weighted by Gasteiger charge is 2.45. The van der Waals surface area contributed by atoms with Crippen LogP contribution in [0, 0.1) is 5.92 Å². The molecule has 0 atom stereocenters. The first kappa shape index (κ1) is 13.6. The van der Waals surface area contributed by atoms with Gasteiger partial charge in [0.15, 0.2) is 0 Å². The summed E-state index contributed by atoms with van der Waals surface area (Å²) in [6, 6.07) is 6.80. The fourth-order valence-electron chi connectivity index (χ4n) is 4.35. The molecule has 0 aliphatic heterocycles. The first-order valence-corrected chi connectivity index (χ1v) is 8.58. The van der Waals surface area contributed by atoms with Gasteiger partial charge in [0.2, 0.25) is 0 Å². The van der Waals surface area contributed by atoms with Gasteiger partial charge in [0, 0.05) is 7.11 Å². The number of rotatable bonds is 4. The first-order chi connectivity index (χ1) is 10.3. The van der Waals surface area contributed by atoms with Crippen LogP contribution in [0.25, 0.3) is 0 Å². The Morgan fingerprint density at radius 3 is 2.62 bits per heavy atom. The van der Waals surface area contributed by atoms with Crippen molar-refractivity contribution in [1.29, 1.82) is 0 Å². The van der Waals surface area contributed by atoms with Crippen molar-refractivity contribution in [1.82, 2.24) is 0 Å². The SMILES string of the molecule is COC1CCC2(CC1)Cc1ccc(OCC3CCC3)cc12. The average molecular weight is 286 g/mol. The van der Waals surface area contributed by atoms with Gasteiger partial charge < -0.3 is 9.47 Å². The summed E-state index contributed by atoms with van der Waals surface area (Å²) in [7, 11) is 1.85. The molecule has 0 unspecified atom stereocenters. The van der Waals surface area contributed by atoms with Gasteiger partial charge in [-0.15, -0.1) is 0 Å². The highest BCUT2D eigenvalue weighted by Crippen LogP contribution is 2.51. The lowest BCUT2D eigenvalue weighted by Gasteiger charge is -2.48. The summed E-state index contributed by atoms with van der Waals surface area (Å²) >= 11 is 0. The van der Waals surface area contributed by atoms with E-state index >= 15 is 0 Å². The molecule has 1 spiro atoms. The normalized spacial score (nSPS) is 31.4. The largest absolute Gasteiger partial charge is 0.493 e. The maximum absolute atomic E-state index is 6.03. The molecule has 2 nitrogen and oxygen atoms in total. The van der Waals surface area contributed by atoms with Gasteiger partial charge in [-0.2, -0.15) is 0 Å². The summed E-state index contributed by atoms with van der Waals surface area (Å²) < 4.78 is 11.6. The van der Waals surface area contributed by atoms with E-state index < -0.39 is 0 Å². The van der Waals surface area contributed by atoms with Crippen LogP contribution >= 0.6 is 0 Å². The van der Waals surface area contributed by atoms with Crippen molar-refractivity contribution in [2.24, 2.45) is 5.92 Å². The highest BCUT2D eigenvalue weighted by molar-refractivity contribution is 5.49. The van der Waals surface area contributed by atoms with Crippen molar-refractivity contribution in [3.8, 4) is 5.75 Å². The van der Waals surface area contributed by atoms with Crippen LogP contribution in [0.2, 0.25) is 0 Å². The number of benzene rings is 1. The molecule has 3 aliphatic rings. The Balaban J connectivity index is 1.44.